The molecule has 0 aliphatic carbocycles. The number of amides is 1. The molecule has 0 N–H and O–H groups in total. The molecule has 7 heteroatoms. The number of aromatic nitrogens is 2. The van der Waals surface area contributed by atoms with Gasteiger partial charge < -0.3 is 4.74 Å². The number of pyridine rings is 1. The number of hydrogen-bond donors (Lipinski definition) is 0. The molecule has 0 unspecified atom stereocenters. The molecule has 1 amide bonds. The number of benzene rings is 2. The molecule has 2 heterocycles. The molecule has 0 saturated carbocycles. The van der Waals surface area contributed by atoms with Crippen LogP contribution in [0.3, 0.4) is 0 Å². The van der Waals surface area contributed by atoms with Crippen LogP contribution in [-0.4, -0.2) is 23.0 Å². The molecule has 0 aliphatic heterocycles. The number of rotatable bonds is 5. The van der Waals surface area contributed by atoms with Crippen LogP contribution in [0.5, 0.6) is 5.75 Å². The molecule has 140 valence electrons. The summed E-state index contributed by atoms with van der Waals surface area (Å²) in [6, 6.07) is 16.9. The molecule has 0 radical (unpaired) electrons. The molecule has 0 spiro atoms. The summed E-state index contributed by atoms with van der Waals surface area (Å²) >= 11 is 1.27. The van der Waals surface area contributed by atoms with Crippen LogP contribution in [0, 0.1) is 5.82 Å². The largest absolute Gasteiger partial charge is 0.497 e. The third kappa shape index (κ3) is 3.70. The second-order valence-electron chi connectivity index (χ2n) is 6.05. The van der Waals surface area contributed by atoms with Crippen LogP contribution < -0.4 is 9.64 Å². The number of hydrogen-bond acceptors (Lipinski definition) is 5. The Balaban J connectivity index is 1.77. The van der Waals surface area contributed by atoms with Crippen molar-refractivity contribution in [1.29, 1.82) is 0 Å². The van der Waals surface area contributed by atoms with E-state index in [0.717, 1.165) is 5.69 Å². The minimum atomic E-state index is -0.335. The molecule has 4 rings (SSSR count). The Morgan fingerprint density at radius 1 is 1.14 bits per heavy atom. The second kappa shape index (κ2) is 7.74. The second-order valence-corrected chi connectivity index (χ2v) is 7.06. The highest BCUT2D eigenvalue weighted by Crippen LogP contribution is 2.31. The minimum absolute atomic E-state index is 0.232. The number of halogens is 1. The predicted octanol–water partition coefficient (Wildman–Crippen LogP) is 4.69. The van der Waals surface area contributed by atoms with Gasteiger partial charge in [0, 0.05) is 11.8 Å². The summed E-state index contributed by atoms with van der Waals surface area (Å²) in [6.45, 7) is 0.249. The molecule has 0 saturated heterocycles. The monoisotopic (exact) mass is 393 g/mol. The van der Waals surface area contributed by atoms with Crippen molar-refractivity contribution < 1.29 is 13.9 Å². The fourth-order valence-corrected chi connectivity index (χ4v) is 3.78. The highest BCUT2D eigenvalue weighted by Gasteiger charge is 2.22. The molecule has 28 heavy (non-hydrogen) atoms. The molecule has 0 bridgehead atoms. The lowest BCUT2D eigenvalue weighted by molar-refractivity contribution is 0.0984. The predicted molar refractivity (Wildman–Crippen MR) is 107 cm³/mol. The highest BCUT2D eigenvalue weighted by molar-refractivity contribution is 7.22. The van der Waals surface area contributed by atoms with Crippen molar-refractivity contribution in [1.82, 2.24) is 9.97 Å². The number of fused-ring (bicyclic) bond motifs is 1. The van der Waals surface area contributed by atoms with Gasteiger partial charge in [-0.15, -0.1) is 0 Å². The Bertz CT molecular complexity index is 1130. The number of nitrogens with zero attached hydrogens (tertiary/aromatic N) is 3. The van der Waals surface area contributed by atoms with Gasteiger partial charge in [0.25, 0.3) is 5.91 Å². The normalized spacial score (nSPS) is 10.8. The van der Waals surface area contributed by atoms with Crippen LogP contribution in [-0.2, 0) is 6.54 Å². The molecule has 0 atom stereocenters. The van der Waals surface area contributed by atoms with E-state index in [1.807, 2.05) is 18.2 Å². The summed E-state index contributed by atoms with van der Waals surface area (Å²) in [7, 11) is 1.55. The van der Waals surface area contributed by atoms with Gasteiger partial charge in [0.1, 0.15) is 11.6 Å². The average molecular weight is 393 g/mol. The van der Waals surface area contributed by atoms with E-state index in [9.17, 15) is 9.18 Å². The zero-order valence-electron chi connectivity index (χ0n) is 15.0. The van der Waals surface area contributed by atoms with Gasteiger partial charge in [-0.05, 0) is 48.5 Å². The summed E-state index contributed by atoms with van der Waals surface area (Å²) in [4.78, 5) is 23.7. The fraction of sp³-hybridized carbons (Fsp3) is 0.0952. The number of thiazole rings is 1. The van der Waals surface area contributed by atoms with E-state index in [-0.39, 0.29) is 18.3 Å². The summed E-state index contributed by atoms with van der Waals surface area (Å²) in [5, 5.41) is 0.485. The van der Waals surface area contributed by atoms with Crippen molar-refractivity contribution in [3.05, 3.63) is 83.9 Å². The molecule has 2 aromatic heterocycles. The smallest absolute Gasteiger partial charge is 0.260 e. The number of carbonyl (C=O) groups excluding carboxylic acids is 1. The lowest BCUT2D eigenvalue weighted by Crippen LogP contribution is -2.30. The molecule has 5 nitrogen and oxygen atoms in total. The van der Waals surface area contributed by atoms with Crippen molar-refractivity contribution in [3.8, 4) is 5.75 Å². The highest BCUT2D eigenvalue weighted by atomic mass is 32.1. The zero-order valence-corrected chi connectivity index (χ0v) is 15.8. The standard InChI is InChI=1S/C21H16FN3O2S/c1-27-17-7-4-5-14(11-17)20(26)25(13-16-6-2-3-10-23-16)21-24-18-9-8-15(22)12-19(18)28-21/h2-12H,13H2,1H3. The topological polar surface area (TPSA) is 55.3 Å². The van der Waals surface area contributed by atoms with Crippen molar-refractivity contribution in [3.63, 3.8) is 0 Å². The maximum Gasteiger partial charge on any atom is 0.260 e. The van der Waals surface area contributed by atoms with Crippen LogP contribution >= 0.6 is 11.3 Å². The first-order valence-electron chi connectivity index (χ1n) is 8.56. The van der Waals surface area contributed by atoms with E-state index in [4.69, 9.17) is 4.74 Å². The van der Waals surface area contributed by atoms with Gasteiger partial charge in [-0.3, -0.25) is 14.7 Å². The first kappa shape index (κ1) is 18.1. The Morgan fingerprint density at radius 2 is 2.04 bits per heavy atom. The molecular formula is C21H16FN3O2S. The van der Waals surface area contributed by atoms with Crippen LogP contribution in [0.25, 0.3) is 10.2 Å². The van der Waals surface area contributed by atoms with Gasteiger partial charge >= 0.3 is 0 Å². The van der Waals surface area contributed by atoms with E-state index in [0.29, 0.717) is 26.7 Å². The van der Waals surface area contributed by atoms with E-state index >= 15 is 0 Å². The summed E-state index contributed by atoms with van der Waals surface area (Å²) in [6.07, 6.45) is 1.68. The van der Waals surface area contributed by atoms with Crippen molar-refractivity contribution in [2.24, 2.45) is 0 Å². The fourth-order valence-electron chi connectivity index (χ4n) is 2.79. The minimum Gasteiger partial charge on any atom is -0.497 e. The Labute approximate surface area is 165 Å². The molecule has 4 aromatic rings. The summed E-state index contributed by atoms with van der Waals surface area (Å²) in [5.74, 6) is 0.0252. The summed E-state index contributed by atoms with van der Waals surface area (Å²) in [5.41, 5.74) is 1.84. The maximum absolute atomic E-state index is 13.6. The van der Waals surface area contributed by atoms with E-state index in [2.05, 4.69) is 9.97 Å². The first-order valence-corrected chi connectivity index (χ1v) is 9.37. The van der Waals surface area contributed by atoms with Crippen LogP contribution in [0.2, 0.25) is 0 Å². The third-order valence-electron chi connectivity index (χ3n) is 4.18. The van der Waals surface area contributed by atoms with E-state index < -0.39 is 0 Å². The van der Waals surface area contributed by atoms with Gasteiger partial charge in [-0.2, -0.15) is 0 Å². The van der Waals surface area contributed by atoms with E-state index in [1.54, 1.807) is 48.5 Å². The number of methoxy groups -OCH3 is 1. The lowest BCUT2D eigenvalue weighted by Gasteiger charge is -2.20. The third-order valence-corrected chi connectivity index (χ3v) is 5.22. The van der Waals surface area contributed by atoms with Crippen molar-refractivity contribution in [2.75, 3.05) is 12.0 Å². The molecule has 2 aromatic carbocycles. The molecular weight excluding hydrogens is 377 g/mol. The maximum atomic E-state index is 13.6. The molecule has 0 fully saturated rings. The Hall–Kier alpha value is -3.32. The van der Waals surface area contributed by atoms with Crippen LogP contribution in [0.4, 0.5) is 9.52 Å². The number of ether oxygens (including phenoxy) is 1. The van der Waals surface area contributed by atoms with Gasteiger partial charge in [0.15, 0.2) is 5.13 Å². The first-order chi connectivity index (χ1) is 13.6. The van der Waals surface area contributed by atoms with Gasteiger partial charge in [-0.25, -0.2) is 9.37 Å². The zero-order chi connectivity index (χ0) is 19.5. The van der Waals surface area contributed by atoms with Gasteiger partial charge in [-0.1, -0.05) is 23.5 Å². The lowest BCUT2D eigenvalue weighted by atomic mass is 10.2. The van der Waals surface area contributed by atoms with E-state index in [1.165, 1.54) is 23.5 Å². The van der Waals surface area contributed by atoms with Crippen LogP contribution in [0.1, 0.15) is 16.1 Å². The van der Waals surface area contributed by atoms with Crippen LogP contribution in [0.15, 0.2) is 66.9 Å². The SMILES string of the molecule is COc1cccc(C(=O)N(Cc2ccccn2)c2nc3ccc(F)cc3s2)c1. The van der Waals surface area contributed by atoms with Gasteiger partial charge in [0.05, 0.1) is 29.6 Å². The molecule has 0 aliphatic rings. The van der Waals surface area contributed by atoms with Crippen molar-refractivity contribution >= 4 is 32.6 Å². The van der Waals surface area contributed by atoms with Crippen molar-refractivity contribution in [2.45, 2.75) is 6.54 Å². The summed E-state index contributed by atoms with van der Waals surface area (Å²) < 4.78 is 19.5. The Morgan fingerprint density at radius 3 is 2.82 bits per heavy atom. The average Bonchev–Trinajstić information content (AvgIpc) is 3.15. The number of anilines is 1. The number of carbonyl (C=O) groups is 1. The Kier molecular flexibility index (Phi) is 4.99. The quantitative estimate of drug-likeness (QED) is 0.494. The van der Waals surface area contributed by atoms with Gasteiger partial charge in [0.2, 0.25) is 0 Å².